The predicted molar refractivity (Wildman–Crippen MR) is 125 cm³/mol. The molecule has 0 saturated carbocycles. The maximum absolute atomic E-state index is 13.0. The summed E-state index contributed by atoms with van der Waals surface area (Å²) in [5.74, 6) is 0.665. The lowest BCUT2D eigenvalue weighted by Crippen LogP contribution is -2.59. The van der Waals surface area contributed by atoms with Gasteiger partial charge in [0.1, 0.15) is 0 Å². The van der Waals surface area contributed by atoms with Crippen molar-refractivity contribution in [2.45, 2.75) is 44.9 Å². The summed E-state index contributed by atoms with van der Waals surface area (Å²) < 4.78 is 40.5. The fourth-order valence-corrected chi connectivity index (χ4v) is 4.53. The third kappa shape index (κ3) is 4.18. The highest BCUT2D eigenvalue weighted by Gasteiger charge is 2.36. The van der Waals surface area contributed by atoms with Crippen molar-refractivity contribution in [1.29, 1.82) is 0 Å². The van der Waals surface area contributed by atoms with Crippen LogP contribution in [0.4, 0.5) is 30.5 Å². The van der Waals surface area contributed by atoms with E-state index >= 15 is 0 Å². The molecule has 0 amide bonds. The van der Waals surface area contributed by atoms with Crippen LogP contribution in [0.5, 0.6) is 0 Å². The molecular weight excluding hydrogens is 445 g/mol. The molecule has 10 heteroatoms. The number of aryl methyl sites for hydroxylation is 1. The Kier molecular flexibility index (Phi) is 6.21. The molecule has 3 heterocycles. The molecule has 7 nitrogen and oxygen atoms in total. The molecule has 3 aromatic rings. The van der Waals surface area contributed by atoms with E-state index in [4.69, 9.17) is 6.57 Å². The molecule has 2 aromatic heterocycles. The van der Waals surface area contributed by atoms with Gasteiger partial charge in [0.15, 0.2) is 5.82 Å². The smallest absolute Gasteiger partial charge is 0.365 e. The third-order valence-electron chi connectivity index (χ3n) is 6.47. The lowest BCUT2D eigenvalue weighted by atomic mass is 10.0. The third-order valence-corrected chi connectivity index (χ3v) is 6.47. The second-order valence-corrected chi connectivity index (χ2v) is 8.40. The van der Waals surface area contributed by atoms with Gasteiger partial charge in [-0.3, -0.25) is 4.57 Å². The van der Waals surface area contributed by atoms with Crippen LogP contribution in [0.2, 0.25) is 0 Å². The molecular formula is C24H25F3N6O. The Balaban J connectivity index is 1.75. The first kappa shape index (κ1) is 23.5. The van der Waals surface area contributed by atoms with Crippen LogP contribution in [0.1, 0.15) is 32.3 Å². The second kappa shape index (κ2) is 8.97. The van der Waals surface area contributed by atoms with Crippen molar-refractivity contribution in [3.8, 4) is 0 Å². The lowest BCUT2D eigenvalue weighted by molar-refractivity contribution is -0.137. The van der Waals surface area contributed by atoms with E-state index in [9.17, 15) is 18.0 Å². The van der Waals surface area contributed by atoms with Crippen molar-refractivity contribution in [3.05, 3.63) is 63.9 Å². The highest BCUT2D eigenvalue weighted by Crippen LogP contribution is 2.34. The normalized spacial score (nSPS) is 18.9. The molecule has 0 unspecified atom stereocenters. The van der Waals surface area contributed by atoms with Gasteiger partial charge < -0.3 is 14.6 Å². The fraction of sp³-hybridized carbons (Fsp3) is 0.417. The average Bonchev–Trinajstić information content (AvgIpc) is 2.84. The van der Waals surface area contributed by atoms with Gasteiger partial charge in [0, 0.05) is 37.9 Å². The van der Waals surface area contributed by atoms with E-state index in [0.717, 1.165) is 30.7 Å². The predicted octanol–water partition coefficient (Wildman–Crippen LogP) is 4.78. The molecule has 4 rings (SSSR count). The van der Waals surface area contributed by atoms with E-state index in [2.05, 4.69) is 24.6 Å². The van der Waals surface area contributed by atoms with E-state index in [1.165, 1.54) is 16.7 Å². The van der Waals surface area contributed by atoms with Crippen LogP contribution in [0.25, 0.3) is 15.9 Å². The summed E-state index contributed by atoms with van der Waals surface area (Å²) in [6.45, 7) is 12.5. The maximum Gasteiger partial charge on any atom is 0.416 e. The molecule has 1 saturated heterocycles. The van der Waals surface area contributed by atoms with Gasteiger partial charge in [-0.05, 0) is 49.2 Å². The quantitative estimate of drug-likeness (QED) is 0.514. The van der Waals surface area contributed by atoms with Gasteiger partial charge in [0.25, 0.3) is 5.82 Å². The van der Waals surface area contributed by atoms with Crippen molar-refractivity contribution in [1.82, 2.24) is 14.5 Å². The van der Waals surface area contributed by atoms with E-state index in [0.29, 0.717) is 29.9 Å². The number of fused-ring (bicyclic) bond motifs is 1. The molecule has 0 radical (unpaired) electrons. The van der Waals surface area contributed by atoms with Crippen LogP contribution in [0.3, 0.4) is 0 Å². The largest absolute Gasteiger partial charge is 0.416 e. The number of aromatic nitrogens is 3. The topological polar surface area (TPSA) is 58.6 Å². The van der Waals surface area contributed by atoms with Crippen LogP contribution >= 0.6 is 0 Å². The minimum Gasteiger partial charge on any atom is -0.365 e. The summed E-state index contributed by atoms with van der Waals surface area (Å²) in [6, 6.07) is 8.48. The number of alkyl halides is 3. The molecule has 178 valence electrons. The first-order valence-electron chi connectivity index (χ1n) is 11.1. The Morgan fingerprint density at radius 1 is 1.00 bits per heavy atom. The average molecular weight is 470 g/mol. The number of rotatable bonds is 4. The Morgan fingerprint density at radius 2 is 1.62 bits per heavy atom. The van der Waals surface area contributed by atoms with Crippen molar-refractivity contribution in [2.75, 3.05) is 22.9 Å². The van der Waals surface area contributed by atoms with Gasteiger partial charge in [0.2, 0.25) is 5.52 Å². The minimum absolute atomic E-state index is 0.00973. The first-order valence-corrected chi connectivity index (χ1v) is 11.1. The van der Waals surface area contributed by atoms with Crippen LogP contribution < -0.4 is 15.5 Å². The monoisotopic (exact) mass is 470 g/mol. The van der Waals surface area contributed by atoms with Crippen molar-refractivity contribution in [2.24, 2.45) is 7.05 Å². The second-order valence-electron chi connectivity index (χ2n) is 8.40. The summed E-state index contributed by atoms with van der Waals surface area (Å²) in [6.07, 6.45) is -2.90. The molecule has 0 spiro atoms. The number of halogens is 3. The molecule has 0 bridgehead atoms. The van der Waals surface area contributed by atoms with Crippen molar-refractivity contribution in [3.63, 3.8) is 0 Å². The van der Waals surface area contributed by atoms with Crippen molar-refractivity contribution >= 4 is 28.4 Å². The molecule has 34 heavy (non-hydrogen) atoms. The first-order chi connectivity index (χ1) is 16.2. The van der Waals surface area contributed by atoms with Crippen LogP contribution in [0.15, 0.2) is 41.2 Å². The van der Waals surface area contributed by atoms with Crippen molar-refractivity contribution < 1.29 is 13.2 Å². The molecule has 2 atom stereocenters. The molecule has 1 aliphatic rings. The summed E-state index contributed by atoms with van der Waals surface area (Å²) in [5.41, 5.74) is 0.732. The Morgan fingerprint density at radius 3 is 2.21 bits per heavy atom. The summed E-state index contributed by atoms with van der Waals surface area (Å²) >= 11 is 0. The van der Waals surface area contributed by atoms with Gasteiger partial charge in [0.05, 0.1) is 11.1 Å². The SMILES string of the molecule is [C-]#[N+]c1ccc2c(n1)c(N1C[C@@H](CC)N(c3ccc(C(F)(F)F)cc3)C[C@@H]1CC)nc(=O)n2C. The Labute approximate surface area is 195 Å². The molecule has 1 aromatic carbocycles. The van der Waals surface area contributed by atoms with E-state index < -0.39 is 17.4 Å². The number of pyridine rings is 1. The Hall–Kier alpha value is -3.61. The van der Waals surface area contributed by atoms with Gasteiger partial charge in [-0.15, -0.1) is 4.98 Å². The zero-order valence-electron chi connectivity index (χ0n) is 19.2. The zero-order chi connectivity index (χ0) is 24.6. The molecule has 0 aliphatic carbocycles. The summed E-state index contributed by atoms with van der Waals surface area (Å²) in [5, 5.41) is 0. The molecule has 1 aliphatic heterocycles. The standard InChI is InChI=1S/C24H25F3N6O/c1-5-16-14-33(22-21-19(31(4)23(34)30-22)11-12-20(28-3)29-21)17(6-2)13-32(16)18-9-7-15(8-10-18)24(25,26)27/h7-12,16-17H,5-6,13-14H2,1-2,4H3/t16-,17+/m1/s1. The zero-order valence-corrected chi connectivity index (χ0v) is 19.2. The van der Waals surface area contributed by atoms with Gasteiger partial charge in [-0.1, -0.05) is 20.4 Å². The fourth-order valence-electron chi connectivity index (χ4n) is 4.53. The lowest BCUT2D eigenvalue weighted by Gasteiger charge is -2.47. The van der Waals surface area contributed by atoms with E-state index in [1.807, 2.05) is 13.8 Å². The van der Waals surface area contributed by atoms with Gasteiger partial charge in [-0.2, -0.15) is 18.2 Å². The number of hydrogen-bond acceptors (Lipinski definition) is 5. The number of anilines is 2. The highest BCUT2D eigenvalue weighted by molar-refractivity contribution is 5.87. The number of piperazine rings is 1. The minimum atomic E-state index is -4.38. The van der Waals surface area contributed by atoms with E-state index in [-0.39, 0.29) is 17.9 Å². The van der Waals surface area contributed by atoms with Gasteiger partial charge >= 0.3 is 11.9 Å². The molecule has 1 fully saturated rings. The van der Waals surface area contributed by atoms with Crippen LogP contribution in [-0.2, 0) is 13.2 Å². The van der Waals surface area contributed by atoms with Crippen LogP contribution in [-0.4, -0.2) is 39.7 Å². The Bertz CT molecular complexity index is 1300. The number of nitrogens with zero attached hydrogens (tertiary/aromatic N) is 6. The molecule has 0 N–H and O–H groups in total. The summed E-state index contributed by atoms with van der Waals surface area (Å²) in [7, 11) is 1.62. The van der Waals surface area contributed by atoms with Gasteiger partial charge in [-0.25, -0.2) is 4.79 Å². The maximum atomic E-state index is 13.0. The highest BCUT2D eigenvalue weighted by atomic mass is 19.4. The summed E-state index contributed by atoms with van der Waals surface area (Å²) in [4.78, 5) is 29.0. The number of hydrogen-bond donors (Lipinski definition) is 0. The number of benzene rings is 1. The van der Waals surface area contributed by atoms with Crippen LogP contribution in [0, 0.1) is 6.57 Å². The van der Waals surface area contributed by atoms with E-state index in [1.54, 1.807) is 19.2 Å².